The van der Waals surface area contributed by atoms with Crippen molar-refractivity contribution in [2.45, 2.75) is 31.1 Å². The average molecular weight is 493 g/mol. The monoisotopic (exact) mass is 492 g/mol. The van der Waals surface area contributed by atoms with Crippen LogP contribution in [0.2, 0.25) is 5.02 Å². The number of morpholine rings is 1. The molecule has 1 aliphatic carbocycles. The van der Waals surface area contributed by atoms with Gasteiger partial charge in [-0.05, 0) is 43.5 Å². The van der Waals surface area contributed by atoms with E-state index in [1.54, 1.807) is 0 Å². The number of aliphatic imine (C=N–C) groups is 1. The van der Waals surface area contributed by atoms with Crippen molar-refractivity contribution in [3.63, 3.8) is 0 Å². The molecule has 0 amide bonds. The van der Waals surface area contributed by atoms with Gasteiger partial charge in [0.25, 0.3) is 0 Å². The number of hydrogen-bond donors (Lipinski definition) is 2. The molecule has 1 heterocycles. The van der Waals surface area contributed by atoms with E-state index in [-0.39, 0.29) is 29.4 Å². The van der Waals surface area contributed by atoms with Gasteiger partial charge < -0.3 is 15.8 Å². The Morgan fingerprint density at radius 1 is 1.23 bits per heavy atom. The Labute approximate surface area is 178 Å². The SMILES string of the molecule is I.NC(=NCC1(c2ccc(Cl)cc2)CCC1)NCCCN1CCOCC1. The minimum Gasteiger partial charge on any atom is -0.379 e. The van der Waals surface area contributed by atoms with E-state index in [0.717, 1.165) is 57.4 Å². The van der Waals surface area contributed by atoms with Crippen LogP contribution in [0.25, 0.3) is 0 Å². The van der Waals surface area contributed by atoms with Crippen LogP contribution in [-0.2, 0) is 10.2 Å². The molecule has 7 heteroatoms. The molecule has 1 saturated carbocycles. The van der Waals surface area contributed by atoms with Gasteiger partial charge in [-0.25, -0.2) is 0 Å². The van der Waals surface area contributed by atoms with E-state index in [1.807, 2.05) is 12.1 Å². The summed E-state index contributed by atoms with van der Waals surface area (Å²) in [5.41, 5.74) is 7.53. The zero-order chi connectivity index (χ0) is 17.5. The van der Waals surface area contributed by atoms with Gasteiger partial charge in [-0.1, -0.05) is 30.2 Å². The fraction of sp³-hybridized carbons (Fsp3) is 0.632. The molecule has 0 aromatic heterocycles. The third kappa shape index (κ3) is 5.97. The topological polar surface area (TPSA) is 62.9 Å². The predicted molar refractivity (Wildman–Crippen MR) is 119 cm³/mol. The summed E-state index contributed by atoms with van der Waals surface area (Å²) in [5.74, 6) is 0.558. The molecule has 0 bridgehead atoms. The van der Waals surface area contributed by atoms with Crippen LogP contribution in [0.1, 0.15) is 31.2 Å². The van der Waals surface area contributed by atoms with Gasteiger partial charge in [0.1, 0.15) is 0 Å². The zero-order valence-corrected chi connectivity index (χ0v) is 18.3. The molecule has 26 heavy (non-hydrogen) atoms. The second kappa shape index (κ2) is 10.7. The normalized spacial score (nSPS) is 20.1. The molecule has 0 radical (unpaired) electrons. The van der Waals surface area contributed by atoms with E-state index in [9.17, 15) is 0 Å². The quantitative estimate of drug-likeness (QED) is 0.266. The molecule has 1 aromatic carbocycles. The second-order valence-corrected chi connectivity index (χ2v) is 7.51. The molecule has 1 saturated heterocycles. The van der Waals surface area contributed by atoms with Gasteiger partial charge in [-0.2, -0.15) is 0 Å². The maximum atomic E-state index is 6.07. The van der Waals surface area contributed by atoms with Crippen LogP contribution in [0.5, 0.6) is 0 Å². The smallest absolute Gasteiger partial charge is 0.188 e. The summed E-state index contributed by atoms with van der Waals surface area (Å²) in [6, 6.07) is 8.19. The Morgan fingerprint density at radius 3 is 2.54 bits per heavy atom. The Bertz CT molecular complexity index is 571. The van der Waals surface area contributed by atoms with Crippen LogP contribution in [-0.4, -0.2) is 56.8 Å². The highest BCUT2D eigenvalue weighted by atomic mass is 127. The van der Waals surface area contributed by atoms with Crippen molar-refractivity contribution in [2.75, 3.05) is 45.9 Å². The molecule has 2 fully saturated rings. The van der Waals surface area contributed by atoms with E-state index in [1.165, 1.54) is 24.8 Å². The van der Waals surface area contributed by atoms with Gasteiger partial charge in [0.15, 0.2) is 5.96 Å². The maximum Gasteiger partial charge on any atom is 0.188 e. The summed E-state index contributed by atoms with van der Waals surface area (Å²) in [7, 11) is 0. The molecule has 146 valence electrons. The van der Waals surface area contributed by atoms with Gasteiger partial charge in [0.05, 0.1) is 19.8 Å². The van der Waals surface area contributed by atoms with Crippen LogP contribution >= 0.6 is 35.6 Å². The summed E-state index contributed by atoms with van der Waals surface area (Å²) in [4.78, 5) is 7.05. The van der Waals surface area contributed by atoms with Gasteiger partial charge in [-0.15, -0.1) is 24.0 Å². The molecule has 3 N–H and O–H groups in total. The minimum absolute atomic E-state index is 0. The Hall–Kier alpha value is -0.570. The van der Waals surface area contributed by atoms with Gasteiger partial charge in [-0.3, -0.25) is 9.89 Å². The number of halogens is 2. The lowest BCUT2D eigenvalue weighted by molar-refractivity contribution is 0.0376. The number of benzene rings is 1. The summed E-state index contributed by atoms with van der Waals surface area (Å²) in [6.45, 7) is 6.46. The molecule has 3 rings (SSSR count). The maximum absolute atomic E-state index is 6.07. The van der Waals surface area contributed by atoms with Crippen molar-refractivity contribution in [1.82, 2.24) is 10.2 Å². The first-order chi connectivity index (χ1) is 12.2. The minimum atomic E-state index is 0. The number of nitrogens with two attached hydrogens (primary N) is 1. The van der Waals surface area contributed by atoms with E-state index in [4.69, 9.17) is 22.1 Å². The first-order valence-corrected chi connectivity index (χ1v) is 9.66. The molecule has 0 spiro atoms. The number of guanidine groups is 1. The third-order valence-corrected chi connectivity index (χ3v) is 5.63. The van der Waals surface area contributed by atoms with E-state index < -0.39 is 0 Å². The molecule has 2 aliphatic rings. The van der Waals surface area contributed by atoms with E-state index in [0.29, 0.717) is 5.96 Å². The number of rotatable bonds is 7. The zero-order valence-electron chi connectivity index (χ0n) is 15.3. The summed E-state index contributed by atoms with van der Waals surface area (Å²) >= 11 is 6.01. The van der Waals surface area contributed by atoms with E-state index >= 15 is 0 Å². The van der Waals surface area contributed by atoms with Gasteiger partial charge in [0, 0.05) is 30.1 Å². The van der Waals surface area contributed by atoms with Crippen molar-refractivity contribution >= 4 is 41.5 Å². The Morgan fingerprint density at radius 2 is 1.92 bits per heavy atom. The molecule has 1 aliphatic heterocycles. The van der Waals surface area contributed by atoms with Crippen LogP contribution in [0, 0.1) is 0 Å². The summed E-state index contributed by atoms with van der Waals surface area (Å²) < 4.78 is 5.36. The van der Waals surface area contributed by atoms with Crippen molar-refractivity contribution in [3.8, 4) is 0 Å². The first kappa shape index (κ1) is 21.7. The van der Waals surface area contributed by atoms with Crippen molar-refractivity contribution in [1.29, 1.82) is 0 Å². The fourth-order valence-electron chi connectivity index (χ4n) is 3.58. The van der Waals surface area contributed by atoms with Crippen molar-refractivity contribution in [2.24, 2.45) is 10.7 Å². The highest BCUT2D eigenvalue weighted by Crippen LogP contribution is 2.44. The van der Waals surface area contributed by atoms with Gasteiger partial charge in [0.2, 0.25) is 0 Å². The number of nitrogens with one attached hydrogen (secondary N) is 1. The summed E-state index contributed by atoms with van der Waals surface area (Å²) in [5, 5.41) is 4.03. The average Bonchev–Trinajstić information content (AvgIpc) is 2.60. The lowest BCUT2D eigenvalue weighted by atomic mass is 9.64. The highest BCUT2D eigenvalue weighted by molar-refractivity contribution is 14.0. The molecule has 0 atom stereocenters. The van der Waals surface area contributed by atoms with Crippen LogP contribution in [0.3, 0.4) is 0 Å². The lowest BCUT2D eigenvalue weighted by Crippen LogP contribution is -2.41. The number of nitrogens with zero attached hydrogens (tertiary/aromatic N) is 2. The number of hydrogen-bond acceptors (Lipinski definition) is 3. The van der Waals surface area contributed by atoms with Crippen LogP contribution < -0.4 is 11.1 Å². The number of ether oxygens (including phenoxy) is 1. The van der Waals surface area contributed by atoms with E-state index in [2.05, 4.69) is 27.3 Å². The molecule has 5 nitrogen and oxygen atoms in total. The van der Waals surface area contributed by atoms with Crippen molar-refractivity contribution < 1.29 is 4.74 Å². The largest absolute Gasteiger partial charge is 0.379 e. The molecule has 1 aromatic rings. The molecular weight excluding hydrogens is 463 g/mol. The standard InChI is InChI=1S/C19H29ClN4O.HI/c20-17-5-3-16(4-6-17)19(7-1-8-19)15-23-18(21)22-9-2-10-24-11-13-25-14-12-24;/h3-6H,1-2,7-15H2,(H3,21,22,23);1H. The Kier molecular flexibility index (Phi) is 8.93. The van der Waals surface area contributed by atoms with Crippen LogP contribution in [0.15, 0.2) is 29.3 Å². The van der Waals surface area contributed by atoms with Gasteiger partial charge >= 0.3 is 0 Å². The predicted octanol–water partition coefficient (Wildman–Crippen LogP) is 3.01. The highest BCUT2D eigenvalue weighted by Gasteiger charge is 2.38. The Balaban J connectivity index is 0.00000243. The molecular formula is C19H30ClIN4O. The third-order valence-electron chi connectivity index (χ3n) is 5.38. The fourth-order valence-corrected chi connectivity index (χ4v) is 3.71. The first-order valence-electron chi connectivity index (χ1n) is 9.28. The lowest BCUT2D eigenvalue weighted by Gasteiger charge is -2.41. The second-order valence-electron chi connectivity index (χ2n) is 7.08. The molecule has 0 unspecified atom stereocenters. The van der Waals surface area contributed by atoms with Crippen LogP contribution in [0.4, 0.5) is 0 Å². The van der Waals surface area contributed by atoms with Crippen molar-refractivity contribution in [3.05, 3.63) is 34.9 Å². The summed E-state index contributed by atoms with van der Waals surface area (Å²) in [6.07, 6.45) is 4.66.